The Labute approximate surface area is 109 Å². The van der Waals surface area contributed by atoms with Crippen molar-refractivity contribution in [2.45, 2.75) is 39.3 Å². The summed E-state index contributed by atoms with van der Waals surface area (Å²) in [5.41, 5.74) is 3.01. The molecule has 1 aromatic carbocycles. The smallest absolute Gasteiger partial charge is 0.101 e. The van der Waals surface area contributed by atoms with Crippen LogP contribution in [0.2, 0.25) is 0 Å². The van der Waals surface area contributed by atoms with Gasteiger partial charge in [0.2, 0.25) is 0 Å². The molecule has 0 N–H and O–H groups in total. The van der Waals surface area contributed by atoms with Gasteiger partial charge in [-0.15, -0.1) is 0 Å². The monoisotopic (exact) mass is 244 g/mol. The van der Waals surface area contributed by atoms with Crippen LogP contribution in [-0.2, 0) is 4.74 Å². The lowest BCUT2D eigenvalue weighted by Gasteiger charge is -2.40. The first kappa shape index (κ1) is 12.9. The first-order valence-corrected chi connectivity index (χ1v) is 6.54. The number of nitriles is 1. The molecule has 0 aliphatic carbocycles. The Balaban J connectivity index is 2.38. The van der Waals surface area contributed by atoms with Crippen molar-refractivity contribution in [2.24, 2.45) is 0 Å². The second-order valence-corrected chi connectivity index (χ2v) is 4.99. The predicted molar refractivity (Wildman–Crippen MR) is 72.7 cm³/mol. The van der Waals surface area contributed by atoms with Gasteiger partial charge in [-0.1, -0.05) is 13.0 Å². The third-order valence-electron chi connectivity index (χ3n) is 3.52. The highest BCUT2D eigenvalue weighted by atomic mass is 16.5. The molecule has 1 aliphatic rings. The van der Waals surface area contributed by atoms with E-state index in [0.29, 0.717) is 6.04 Å². The fraction of sp³-hybridized carbons (Fsp3) is 0.533. The molecule has 0 amide bonds. The van der Waals surface area contributed by atoms with Crippen LogP contribution in [0.1, 0.15) is 31.4 Å². The minimum Gasteiger partial charge on any atom is -0.375 e. The van der Waals surface area contributed by atoms with Gasteiger partial charge < -0.3 is 9.64 Å². The molecule has 0 saturated carbocycles. The maximum Gasteiger partial charge on any atom is 0.101 e. The summed E-state index contributed by atoms with van der Waals surface area (Å²) in [6, 6.07) is 8.69. The van der Waals surface area contributed by atoms with Gasteiger partial charge in [-0.2, -0.15) is 5.26 Å². The number of hydrogen-bond donors (Lipinski definition) is 0. The number of rotatable bonds is 2. The number of hydrogen-bond acceptors (Lipinski definition) is 3. The van der Waals surface area contributed by atoms with Gasteiger partial charge in [0.1, 0.15) is 6.07 Å². The molecule has 0 radical (unpaired) electrons. The van der Waals surface area contributed by atoms with Crippen LogP contribution in [0.4, 0.5) is 5.69 Å². The van der Waals surface area contributed by atoms with Crippen LogP contribution in [0.15, 0.2) is 18.2 Å². The topological polar surface area (TPSA) is 36.3 Å². The summed E-state index contributed by atoms with van der Waals surface area (Å²) in [7, 11) is 0. The Bertz CT molecular complexity index is 464. The molecule has 2 unspecified atom stereocenters. The van der Waals surface area contributed by atoms with Gasteiger partial charge >= 0.3 is 0 Å². The van der Waals surface area contributed by atoms with E-state index in [0.717, 1.165) is 30.8 Å². The van der Waals surface area contributed by atoms with Crippen molar-refractivity contribution in [1.29, 1.82) is 5.26 Å². The second kappa shape index (κ2) is 5.41. The molecular weight excluding hydrogens is 224 g/mol. The standard InChI is InChI=1S/C15H20N2O/c1-4-14-10-18-12(3)9-17(14)15-7-11(2)5-6-13(15)8-16/h5-7,12,14H,4,9-10H2,1-3H3. The molecular formula is C15H20N2O. The molecule has 2 atom stereocenters. The largest absolute Gasteiger partial charge is 0.375 e. The summed E-state index contributed by atoms with van der Waals surface area (Å²) >= 11 is 0. The molecule has 1 saturated heterocycles. The number of benzene rings is 1. The van der Waals surface area contributed by atoms with E-state index in [1.54, 1.807) is 0 Å². The normalized spacial score (nSPS) is 23.8. The van der Waals surface area contributed by atoms with Gasteiger partial charge in [0.25, 0.3) is 0 Å². The number of aryl methyl sites for hydroxylation is 1. The maximum atomic E-state index is 9.26. The average Bonchev–Trinajstić information content (AvgIpc) is 2.38. The molecule has 0 aromatic heterocycles. The van der Waals surface area contributed by atoms with E-state index >= 15 is 0 Å². The van der Waals surface area contributed by atoms with Gasteiger partial charge in [-0.3, -0.25) is 0 Å². The van der Waals surface area contributed by atoms with Gasteiger partial charge in [-0.25, -0.2) is 0 Å². The quantitative estimate of drug-likeness (QED) is 0.802. The molecule has 1 fully saturated rings. The molecule has 1 aromatic rings. The predicted octanol–water partition coefficient (Wildman–Crippen LogP) is 2.87. The first-order chi connectivity index (χ1) is 8.65. The zero-order chi connectivity index (χ0) is 13.1. The van der Waals surface area contributed by atoms with E-state index < -0.39 is 0 Å². The highest BCUT2D eigenvalue weighted by Crippen LogP contribution is 2.27. The van der Waals surface area contributed by atoms with Crippen molar-refractivity contribution in [2.75, 3.05) is 18.1 Å². The SMILES string of the molecule is CCC1COC(C)CN1c1cc(C)ccc1C#N. The van der Waals surface area contributed by atoms with E-state index in [2.05, 4.69) is 37.8 Å². The molecule has 1 aliphatic heterocycles. The zero-order valence-electron chi connectivity index (χ0n) is 11.3. The van der Waals surface area contributed by atoms with Gasteiger partial charge in [0.15, 0.2) is 0 Å². The summed E-state index contributed by atoms with van der Waals surface area (Å²) in [5, 5.41) is 9.26. The third-order valence-corrected chi connectivity index (χ3v) is 3.52. The third kappa shape index (κ3) is 2.49. The number of morpholine rings is 1. The molecule has 2 rings (SSSR count). The Kier molecular flexibility index (Phi) is 3.88. The van der Waals surface area contributed by atoms with Crippen LogP contribution < -0.4 is 4.90 Å². The maximum absolute atomic E-state index is 9.26. The van der Waals surface area contributed by atoms with E-state index in [-0.39, 0.29) is 6.10 Å². The molecule has 3 nitrogen and oxygen atoms in total. The summed E-state index contributed by atoms with van der Waals surface area (Å²) in [6.07, 6.45) is 1.26. The van der Waals surface area contributed by atoms with E-state index in [1.807, 2.05) is 12.1 Å². The molecule has 18 heavy (non-hydrogen) atoms. The van der Waals surface area contributed by atoms with Crippen LogP contribution in [0, 0.1) is 18.3 Å². The van der Waals surface area contributed by atoms with Crippen LogP contribution in [-0.4, -0.2) is 25.3 Å². The van der Waals surface area contributed by atoms with Crippen molar-refractivity contribution < 1.29 is 4.74 Å². The van der Waals surface area contributed by atoms with Crippen molar-refractivity contribution in [3.63, 3.8) is 0 Å². The minimum atomic E-state index is 0.222. The lowest BCUT2D eigenvalue weighted by atomic mass is 10.0. The Morgan fingerprint density at radius 2 is 2.28 bits per heavy atom. The van der Waals surface area contributed by atoms with Crippen molar-refractivity contribution in [3.8, 4) is 6.07 Å². The van der Waals surface area contributed by atoms with E-state index in [9.17, 15) is 5.26 Å². The summed E-state index contributed by atoms with van der Waals surface area (Å²) < 4.78 is 5.71. The first-order valence-electron chi connectivity index (χ1n) is 6.54. The highest BCUT2D eigenvalue weighted by Gasteiger charge is 2.27. The Hall–Kier alpha value is -1.53. The van der Waals surface area contributed by atoms with Crippen LogP contribution in [0.5, 0.6) is 0 Å². The Morgan fingerprint density at radius 1 is 1.50 bits per heavy atom. The molecule has 0 bridgehead atoms. The average molecular weight is 244 g/mol. The second-order valence-electron chi connectivity index (χ2n) is 4.99. The number of ether oxygens (including phenoxy) is 1. The molecule has 0 spiro atoms. The van der Waals surface area contributed by atoms with Crippen LogP contribution in [0.3, 0.4) is 0 Å². The van der Waals surface area contributed by atoms with E-state index in [1.165, 1.54) is 5.56 Å². The van der Waals surface area contributed by atoms with Gasteiger partial charge in [-0.05, 0) is 38.0 Å². The highest BCUT2D eigenvalue weighted by molar-refractivity contribution is 5.61. The fourth-order valence-electron chi connectivity index (χ4n) is 2.45. The minimum absolute atomic E-state index is 0.222. The summed E-state index contributed by atoms with van der Waals surface area (Å²) in [6.45, 7) is 7.92. The summed E-state index contributed by atoms with van der Waals surface area (Å²) in [4.78, 5) is 2.33. The van der Waals surface area contributed by atoms with Crippen LogP contribution >= 0.6 is 0 Å². The molecule has 1 heterocycles. The van der Waals surface area contributed by atoms with Crippen molar-refractivity contribution in [3.05, 3.63) is 29.3 Å². The number of anilines is 1. The molecule has 3 heteroatoms. The van der Waals surface area contributed by atoms with Gasteiger partial charge in [0.05, 0.1) is 30.0 Å². The zero-order valence-corrected chi connectivity index (χ0v) is 11.3. The van der Waals surface area contributed by atoms with E-state index in [4.69, 9.17) is 4.74 Å². The lowest BCUT2D eigenvalue weighted by molar-refractivity contribution is 0.0299. The lowest BCUT2D eigenvalue weighted by Crippen LogP contribution is -2.49. The van der Waals surface area contributed by atoms with Crippen molar-refractivity contribution >= 4 is 5.69 Å². The fourth-order valence-corrected chi connectivity index (χ4v) is 2.45. The van der Waals surface area contributed by atoms with Crippen molar-refractivity contribution in [1.82, 2.24) is 0 Å². The molecule has 96 valence electrons. The van der Waals surface area contributed by atoms with Crippen LogP contribution in [0.25, 0.3) is 0 Å². The number of nitrogens with zero attached hydrogens (tertiary/aromatic N) is 2. The Morgan fingerprint density at radius 3 is 2.94 bits per heavy atom. The summed E-state index contributed by atoms with van der Waals surface area (Å²) in [5.74, 6) is 0. The van der Waals surface area contributed by atoms with Gasteiger partial charge in [0, 0.05) is 6.54 Å².